The molecule has 0 aliphatic rings. The van der Waals surface area contributed by atoms with Gasteiger partial charge in [0.2, 0.25) is 0 Å². The van der Waals surface area contributed by atoms with Crippen molar-refractivity contribution in [2.45, 2.75) is 258 Å². The summed E-state index contributed by atoms with van der Waals surface area (Å²) in [5.74, 6) is -0.921. The largest absolute Gasteiger partial charge is 0.462 e. The maximum atomic E-state index is 12.7. The van der Waals surface area contributed by atoms with Crippen LogP contribution in [-0.4, -0.2) is 37.2 Å². The van der Waals surface area contributed by atoms with Crippen molar-refractivity contribution in [2.24, 2.45) is 0 Å². The second-order valence-corrected chi connectivity index (χ2v) is 16.4. The molecule has 0 aromatic heterocycles. The average Bonchev–Trinajstić information content (AvgIpc) is 3.21. The van der Waals surface area contributed by atoms with Crippen LogP contribution in [0.1, 0.15) is 252 Å². The second-order valence-electron chi connectivity index (χ2n) is 16.4. The third-order valence-electron chi connectivity index (χ3n) is 10.6. The average molecular weight is 801 g/mol. The molecule has 0 aromatic carbocycles. The molecule has 332 valence electrons. The van der Waals surface area contributed by atoms with Crippen molar-refractivity contribution in [3.05, 3.63) is 36.5 Å². The number of unbranched alkanes of at least 4 members (excludes halogenated alkanes) is 28. The van der Waals surface area contributed by atoms with E-state index >= 15 is 0 Å². The highest BCUT2D eigenvalue weighted by Crippen LogP contribution is 2.15. The fraction of sp³-hybridized carbons (Fsp3) is 0.824. The standard InChI is InChI=1S/C51H92O6/c1-4-7-10-13-16-19-22-23-24-25-26-27-28-30-32-35-38-41-44-50(53)56-47-48(46-55-49(52)43-40-37-34-31-21-18-15-12-9-6-3)57-51(54)45-42-39-36-33-29-20-17-14-11-8-5-2/h14-15,17-18,20,29,48H,4-13,16,19,21-28,30-47H2,1-3H3/b17-14-,18-15-,29-20-. The monoisotopic (exact) mass is 801 g/mol. The van der Waals surface area contributed by atoms with E-state index in [9.17, 15) is 14.4 Å². The predicted octanol–water partition coefficient (Wildman–Crippen LogP) is 15.8. The van der Waals surface area contributed by atoms with Crippen molar-refractivity contribution in [3.8, 4) is 0 Å². The summed E-state index contributed by atoms with van der Waals surface area (Å²) in [7, 11) is 0. The van der Waals surface area contributed by atoms with Crippen molar-refractivity contribution in [1.82, 2.24) is 0 Å². The molecule has 1 unspecified atom stereocenters. The number of allylic oxidation sites excluding steroid dienone is 6. The van der Waals surface area contributed by atoms with Gasteiger partial charge >= 0.3 is 17.9 Å². The molecule has 0 saturated heterocycles. The van der Waals surface area contributed by atoms with Crippen LogP contribution in [0.15, 0.2) is 36.5 Å². The maximum absolute atomic E-state index is 12.7. The number of hydrogen-bond donors (Lipinski definition) is 0. The van der Waals surface area contributed by atoms with Crippen LogP contribution in [0, 0.1) is 0 Å². The zero-order valence-corrected chi connectivity index (χ0v) is 37.9. The highest BCUT2D eigenvalue weighted by atomic mass is 16.6. The third-order valence-corrected chi connectivity index (χ3v) is 10.6. The van der Waals surface area contributed by atoms with E-state index in [0.717, 1.165) is 89.9 Å². The molecule has 0 aliphatic carbocycles. The van der Waals surface area contributed by atoms with E-state index in [-0.39, 0.29) is 31.1 Å². The van der Waals surface area contributed by atoms with E-state index in [0.29, 0.717) is 19.3 Å². The Morgan fingerprint density at radius 3 is 1.07 bits per heavy atom. The number of hydrogen-bond acceptors (Lipinski definition) is 6. The minimum Gasteiger partial charge on any atom is -0.462 e. The summed E-state index contributed by atoms with van der Waals surface area (Å²) in [6.45, 7) is 6.52. The molecule has 0 amide bonds. The Labute approximate surface area is 353 Å². The Kier molecular flexibility index (Phi) is 44.4. The Balaban J connectivity index is 4.30. The lowest BCUT2D eigenvalue weighted by Gasteiger charge is -2.18. The van der Waals surface area contributed by atoms with Crippen LogP contribution in [0.3, 0.4) is 0 Å². The van der Waals surface area contributed by atoms with Crippen molar-refractivity contribution in [3.63, 3.8) is 0 Å². The van der Waals surface area contributed by atoms with Crippen LogP contribution in [0.2, 0.25) is 0 Å². The number of carbonyl (C=O) groups excluding carboxylic acids is 3. The topological polar surface area (TPSA) is 78.9 Å². The van der Waals surface area contributed by atoms with Crippen molar-refractivity contribution in [1.29, 1.82) is 0 Å². The molecule has 1 atom stereocenters. The fourth-order valence-corrected chi connectivity index (χ4v) is 6.87. The van der Waals surface area contributed by atoms with E-state index in [1.807, 2.05) is 0 Å². The Hall–Kier alpha value is -2.37. The van der Waals surface area contributed by atoms with E-state index in [1.54, 1.807) is 0 Å². The Morgan fingerprint density at radius 2 is 0.649 bits per heavy atom. The van der Waals surface area contributed by atoms with Crippen LogP contribution in [0.25, 0.3) is 0 Å². The molecule has 6 nitrogen and oxygen atoms in total. The van der Waals surface area contributed by atoms with Crippen LogP contribution in [0.5, 0.6) is 0 Å². The van der Waals surface area contributed by atoms with Crippen molar-refractivity contribution >= 4 is 17.9 Å². The van der Waals surface area contributed by atoms with Crippen LogP contribution >= 0.6 is 0 Å². The van der Waals surface area contributed by atoms with Gasteiger partial charge in [0.25, 0.3) is 0 Å². The normalized spacial score (nSPS) is 12.3. The van der Waals surface area contributed by atoms with Gasteiger partial charge in [-0.3, -0.25) is 14.4 Å². The highest BCUT2D eigenvalue weighted by Gasteiger charge is 2.19. The molecule has 0 bridgehead atoms. The first-order valence-corrected chi connectivity index (χ1v) is 24.5. The molecule has 0 aliphatic heterocycles. The fourth-order valence-electron chi connectivity index (χ4n) is 6.87. The number of carbonyl (C=O) groups is 3. The lowest BCUT2D eigenvalue weighted by molar-refractivity contribution is -0.167. The summed E-state index contributed by atoms with van der Waals surface area (Å²) in [5, 5.41) is 0. The smallest absolute Gasteiger partial charge is 0.306 e. The van der Waals surface area contributed by atoms with E-state index < -0.39 is 6.10 Å². The summed E-state index contributed by atoms with van der Waals surface area (Å²) < 4.78 is 16.7. The van der Waals surface area contributed by atoms with Gasteiger partial charge in [0.1, 0.15) is 13.2 Å². The first-order chi connectivity index (χ1) is 28.0. The Morgan fingerprint density at radius 1 is 0.351 bits per heavy atom. The van der Waals surface area contributed by atoms with E-state index in [4.69, 9.17) is 14.2 Å². The summed E-state index contributed by atoms with van der Waals surface area (Å²) in [6.07, 6.45) is 52.8. The molecular formula is C51H92O6. The first kappa shape index (κ1) is 54.6. The van der Waals surface area contributed by atoms with E-state index in [2.05, 4.69) is 57.2 Å². The molecular weight excluding hydrogens is 709 g/mol. The van der Waals surface area contributed by atoms with Crippen molar-refractivity contribution in [2.75, 3.05) is 13.2 Å². The molecule has 57 heavy (non-hydrogen) atoms. The first-order valence-electron chi connectivity index (χ1n) is 24.5. The molecule has 6 heteroatoms. The van der Waals surface area contributed by atoms with Crippen LogP contribution in [0.4, 0.5) is 0 Å². The molecule has 0 spiro atoms. The maximum Gasteiger partial charge on any atom is 0.306 e. The second kappa shape index (κ2) is 46.3. The summed E-state index contributed by atoms with van der Waals surface area (Å²) in [6, 6.07) is 0. The van der Waals surface area contributed by atoms with Gasteiger partial charge in [-0.25, -0.2) is 0 Å². The van der Waals surface area contributed by atoms with Crippen LogP contribution < -0.4 is 0 Å². The third kappa shape index (κ3) is 44.6. The van der Waals surface area contributed by atoms with Gasteiger partial charge in [-0.1, -0.05) is 211 Å². The minimum atomic E-state index is -0.785. The van der Waals surface area contributed by atoms with Gasteiger partial charge in [-0.05, 0) is 57.8 Å². The predicted molar refractivity (Wildman–Crippen MR) is 242 cm³/mol. The molecule has 0 radical (unpaired) electrons. The van der Waals surface area contributed by atoms with Gasteiger partial charge in [0, 0.05) is 19.3 Å². The van der Waals surface area contributed by atoms with E-state index in [1.165, 1.54) is 122 Å². The number of esters is 3. The summed E-state index contributed by atoms with van der Waals surface area (Å²) in [5.41, 5.74) is 0. The van der Waals surface area contributed by atoms with Gasteiger partial charge in [-0.15, -0.1) is 0 Å². The quantitative estimate of drug-likeness (QED) is 0.0201. The van der Waals surface area contributed by atoms with Gasteiger partial charge in [0.05, 0.1) is 0 Å². The lowest BCUT2D eigenvalue weighted by atomic mass is 10.0. The molecule has 0 fully saturated rings. The minimum absolute atomic E-state index is 0.0841. The lowest BCUT2D eigenvalue weighted by Crippen LogP contribution is -2.30. The van der Waals surface area contributed by atoms with Gasteiger partial charge < -0.3 is 14.2 Å². The number of rotatable bonds is 44. The molecule has 0 heterocycles. The zero-order chi connectivity index (χ0) is 41.5. The zero-order valence-electron chi connectivity index (χ0n) is 37.9. The van der Waals surface area contributed by atoms with Crippen molar-refractivity contribution < 1.29 is 28.6 Å². The summed E-state index contributed by atoms with van der Waals surface area (Å²) >= 11 is 0. The molecule has 0 saturated carbocycles. The summed E-state index contributed by atoms with van der Waals surface area (Å²) in [4.78, 5) is 37.7. The highest BCUT2D eigenvalue weighted by molar-refractivity contribution is 5.71. The number of ether oxygens (including phenoxy) is 3. The molecule has 0 rings (SSSR count). The Bertz CT molecular complexity index is 969. The SMILES string of the molecule is CCCC/C=C\C=C/CCCCCC(=O)OC(COC(=O)CCCCCC/C=C\CCCC)COC(=O)CCCCCCCCCCCCCCCCCCCC. The molecule has 0 N–H and O–H groups in total. The molecule has 0 aromatic rings. The van der Waals surface area contributed by atoms with Crippen LogP contribution in [-0.2, 0) is 28.6 Å². The van der Waals surface area contributed by atoms with Gasteiger partial charge in [0.15, 0.2) is 6.10 Å². The van der Waals surface area contributed by atoms with Gasteiger partial charge in [-0.2, -0.15) is 0 Å².